The van der Waals surface area contributed by atoms with Crippen LogP contribution in [0.5, 0.6) is 0 Å². The number of aliphatic hydroxyl groups excluding tert-OH is 1. The molecule has 4 rings (SSSR count). The van der Waals surface area contributed by atoms with Crippen molar-refractivity contribution in [3.63, 3.8) is 0 Å². The second-order valence-corrected chi connectivity index (χ2v) is 9.87. The minimum atomic E-state index is -0.583. The third kappa shape index (κ3) is 3.77. The van der Waals surface area contributed by atoms with Gasteiger partial charge in [-0.2, -0.15) is 0 Å². The molecule has 29 heavy (non-hydrogen) atoms. The lowest BCUT2D eigenvalue weighted by Crippen LogP contribution is -2.42. The number of benzene rings is 1. The number of hydrogen-bond donors (Lipinski definition) is 1. The van der Waals surface area contributed by atoms with E-state index in [0.717, 1.165) is 12.0 Å². The summed E-state index contributed by atoms with van der Waals surface area (Å²) >= 11 is 0. The highest BCUT2D eigenvalue weighted by Gasteiger charge is 2.52. The molecule has 0 amide bonds. The zero-order chi connectivity index (χ0) is 20.8. The monoisotopic (exact) mass is 397 g/mol. The Morgan fingerprint density at radius 3 is 2.76 bits per heavy atom. The molecule has 1 saturated carbocycles. The second-order valence-electron chi connectivity index (χ2n) is 9.87. The molecule has 1 N–H and O–H groups in total. The molecule has 3 aliphatic rings. The van der Waals surface area contributed by atoms with Crippen molar-refractivity contribution in [2.75, 3.05) is 13.6 Å². The molecule has 4 nitrogen and oxygen atoms in total. The summed E-state index contributed by atoms with van der Waals surface area (Å²) in [6, 6.07) is 9.66. The summed E-state index contributed by atoms with van der Waals surface area (Å²) in [4.78, 5) is 14.9. The van der Waals surface area contributed by atoms with Crippen LogP contribution in [0, 0.1) is 23.2 Å². The normalized spacial score (nSPS) is 36.1. The van der Waals surface area contributed by atoms with E-state index < -0.39 is 6.10 Å². The van der Waals surface area contributed by atoms with Gasteiger partial charge in [0.25, 0.3) is 0 Å². The van der Waals surface area contributed by atoms with E-state index in [1.165, 1.54) is 19.3 Å². The minimum Gasteiger partial charge on any atom is -0.461 e. The first-order chi connectivity index (χ1) is 13.8. The van der Waals surface area contributed by atoms with Crippen molar-refractivity contribution in [3.05, 3.63) is 47.5 Å². The molecule has 2 fully saturated rings. The number of carbonyl (C=O) groups excluding carboxylic acids is 1. The van der Waals surface area contributed by atoms with E-state index in [2.05, 4.69) is 24.8 Å². The number of esters is 1. The van der Waals surface area contributed by atoms with Crippen molar-refractivity contribution in [3.8, 4) is 0 Å². The largest absolute Gasteiger partial charge is 0.461 e. The molecular formula is C25H35NO3. The summed E-state index contributed by atoms with van der Waals surface area (Å²) in [7, 11) is 2.00. The predicted octanol–water partition coefficient (Wildman–Crippen LogP) is 4.35. The lowest BCUT2D eigenvalue weighted by atomic mass is 9.59. The summed E-state index contributed by atoms with van der Waals surface area (Å²) in [5, 5.41) is 10.8. The average Bonchev–Trinajstić information content (AvgIpc) is 2.99. The van der Waals surface area contributed by atoms with Gasteiger partial charge >= 0.3 is 5.97 Å². The Hall–Kier alpha value is -1.65. The summed E-state index contributed by atoms with van der Waals surface area (Å²) in [6.07, 6.45) is 6.51. The van der Waals surface area contributed by atoms with Gasteiger partial charge < -0.3 is 9.84 Å². The van der Waals surface area contributed by atoms with Gasteiger partial charge in [-0.3, -0.25) is 9.69 Å². The highest BCUT2D eigenvalue weighted by molar-refractivity contribution is 5.76. The van der Waals surface area contributed by atoms with Crippen LogP contribution < -0.4 is 0 Å². The summed E-state index contributed by atoms with van der Waals surface area (Å²) < 4.78 is 5.88. The molecule has 1 saturated heterocycles. The summed E-state index contributed by atoms with van der Waals surface area (Å²) in [5.74, 6) is 0.541. The van der Waals surface area contributed by atoms with E-state index in [0.29, 0.717) is 12.5 Å². The minimum absolute atomic E-state index is 0.00861. The Morgan fingerprint density at radius 1 is 1.31 bits per heavy atom. The maximum absolute atomic E-state index is 12.8. The SMILES string of the molecule is C[C@@H]1CCC[C@]2(C)C[C@H]3OC(=O)[C@@H](CN(C)[C@@H](C)[C@@H](O)c4ccccc4)[C@H]3C=C12. The molecule has 2 aliphatic carbocycles. The summed E-state index contributed by atoms with van der Waals surface area (Å²) in [6.45, 7) is 7.33. The van der Waals surface area contributed by atoms with Crippen molar-refractivity contribution in [2.45, 2.75) is 64.7 Å². The van der Waals surface area contributed by atoms with E-state index in [1.807, 2.05) is 44.3 Å². The Kier molecular flexibility index (Phi) is 5.60. The predicted molar refractivity (Wildman–Crippen MR) is 114 cm³/mol. The van der Waals surface area contributed by atoms with Crippen LogP contribution in [0.3, 0.4) is 0 Å². The standard InChI is InChI=1S/C25H35NO3/c1-16-9-8-12-25(3)14-22-19(13-21(16)25)20(24(28)29-22)15-26(4)17(2)23(27)18-10-6-5-7-11-18/h5-7,10-11,13,16-17,19-20,22-23,27H,8-9,12,14-15H2,1-4H3/t16-,17+,19-,20+,22-,23-,25-/m1/s1. The topological polar surface area (TPSA) is 49.8 Å². The van der Waals surface area contributed by atoms with E-state index >= 15 is 0 Å². The molecule has 0 spiro atoms. The van der Waals surface area contributed by atoms with Gasteiger partial charge in [0, 0.05) is 18.5 Å². The Balaban J connectivity index is 1.50. The molecule has 7 atom stereocenters. The summed E-state index contributed by atoms with van der Waals surface area (Å²) in [5.41, 5.74) is 2.65. The Labute approximate surface area is 174 Å². The molecule has 1 aromatic carbocycles. The van der Waals surface area contributed by atoms with Crippen LogP contribution in [-0.4, -0.2) is 41.7 Å². The number of likely N-dealkylation sites (N-methyl/N-ethyl adjacent to an activating group) is 1. The van der Waals surface area contributed by atoms with E-state index in [1.54, 1.807) is 5.57 Å². The average molecular weight is 398 g/mol. The second kappa shape index (κ2) is 7.88. The molecule has 1 heterocycles. The van der Waals surface area contributed by atoms with Crippen LogP contribution in [0.15, 0.2) is 42.0 Å². The van der Waals surface area contributed by atoms with E-state index in [4.69, 9.17) is 4.74 Å². The molecule has 1 aromatic rings. The zero-order valence-electron chi connectivity index (χ0n) is 18.2. The third-order valence-electron chi connectivity index (χ3n) is 7.86. The number of nitrogens with zero attached hydrogens (tertiary/aromatic N) is 1. The third-order valence-corrected chi connectivity index (χ3v) is 7.86. The van der Waals surface area contributed by atoms with Gasteiger partial charge in [0.1, 0.15) is 6.10 Å². The van der Waals surface area contributed by atoms with Crippen LogP contribution in [0.2, 0.25) is 0 Å². The first kappa shape index (κ1) is 20.6. The number of hydrogen-bond acceptors (Lipinski definition) is 4. The van der Waals surface area contributed by atoms with Crippen LogP contribution in [0.1, 0.15) is 58.1 Å². The number of rotatable bonds is 5. The van der Waals surface area contributed by atoms with Gasteiger partial charge in [0.2, 0.25) is 0 Å². The van der Waals surface area contributed by atoms with Crippen LogP contribution in [0.4, 0.5) is 0 Å². The zero-order valence-corrected chi connectivity index (χ0v) is 18.2. The maximum atomic E-state index is 12.8. The number of fused-ring (bicyclic) bond motifs is 2. The number of ether oxygens (including phenoxy) is 1. The van der Waals surface area contributed by atoms with Crippen molar-refractivity contribution >= 4 is 5.97 Å². The van der Waals surface area contributed by atoms with Gasteiger partial charge in [-0.15, -0.1) is 0 Å². The van der Waals surface area contributed by atoms with Crippen molar-refractivity contribution in [1.82, 2.24) is 4.90 Å². The molecule has 158 valence electrons. The molecule has 0 unspecified atom stereocenters. The highest BCUT2D eigenvalue weighted by Crippen LogP contribution is 2.54. The Bertz CT molecular complexity index is 776. The molecule has 0 radical (unpaired) electrons. The van der Waals surface area contributed by atoms with Crippen LogP contribution >= 0.6 is 0 Å². The molecule has 0 bridgehead atoms. The lowest BCUT2D eigenvalue weighted by molar-refractivity contribution is -0.145. The van der Waals surface area contributed by atoms with E-state index in [-0.39, 0.29) is 35.4 Å². The van der Waals surface area contributed by atoms with Gasteiger partial charge in [-0.1, -0.05) is 62.2 Å². The smallest absolute Gasteiger partial charge is 0.311 e. The number of aliphatic hydroxyl groups is 1. The van der Waals surface area contributed by atoms with Crippen molar-refractivity contribution < 1.29 is 14.6 Å². The maximum Gasteiger partial charge on any atom is 0.311 e. The van der Waals surface area contributed by atoms with Gasteiger partial charge in [-0.25, -0.2) is 0 Å². The molecule has 4 heteroatoms. The van der Waals surface area contributed by atoms with Crippen molar-refractivity contribution in [1.29, 1.82) is 0 Å². The quantitative estimate of drug-likeness (QED) is 0.593. The van der Waals surface area contributed by atoms with Gasteiger partial charge in [-0.05, 0) is 50.1 Å². The van der Waals surface area contributed by atoms with Crippen molar-refractivity contribution in [2.24, 2.45) is 23.2 Å². The molecule has 1 aliphatic heterocycles. The first-order valence-corrected chi connectivity index (χ1v) is 11.2. The fraction of sp³-hybridized carbons (Fsp3) is 0.640. The number of carbonyl (C=O) groups is 1. The lowest BCUT2D eigenvalue weighted by Gasteiger charge is -2.46. The first-order valence-electron chi connectivity index (χ1n) is 11.2. The van der Waals surface area contributed by atoms with E-state index in [9.17, 15) is 9.90 Å². The fourth-order valence-corrected chi connectivity index (χ4v) is 5.91. The fourth-order valence-electron chi connectivity index (χ4n) is 5.91. The molecular weight excluding hydrogens is 362 g/mol. The highest BCUT2D eigenvalue weighted by atomic mass is 16.6. The Morgan fingerprint density at radius 2 is 2.03 bits per heavy atom. The number of allylic oxidation sites excluding steroid dienone is 1. The van der Waals surface area contributed by atoms with Crippen LogP contribution in [-0.2, 0) is 9.53 Å². The van der Waals surface area contributed by atoms with Crippen LogP contribution in [0.25, 0.3) is 0 Å². The molecule has 0 aromatic heterocycles. The van der Waals surface area contributed by atoms with Gasteiger partial charge in [0.05, 0.1) is 12.0 Å². The van der Waals surface area contributed by atoms with Gasteiger partial charge in [0.15, 0.2) is 0 Å².